The lowest BCUT2D eigenvalue weighted by Crippen LogP contribution is -2.39. The van der Waals surface area contributed by atoms with Gasteiger partial charge in [0, 0.05) is 26.7 Å². The van der Waals surface area contributed by atoms with E-state index in [9.17, 15) is 17.2 Å². The lowest BCUT2D eigenvalue weighted by molar-refractivity contribution is -0.0498. The van der Waals surface area contributed by atoms with Crippen LogP contribution in [0.4, 0.5) is 8.78 Å². The van der Waals surface area contributed by atoms with Gasteiger partial charge in [-0.25, -0.2) is 0 Å². The first-order chi connectivity index (χ1) is 9.89. The van der Waals surface area contributed by atoms with Crippen molar-refractivity contribution in [1.82, 2.24) is 8.61 Å². The lowest BCUT2D eigenvalue weighted by atomic mass is 10.2. The minimum atomic E-state index is -3.50. The second-order valence-electron chi connectivity index (χ2n) is 4.90. The Morgan fingerprint density at radius 2 is 2.00 bits per heavy atom. The molecule has 1 saturated heterocycles. The zero-order chi connectivity index (χ0) is 15.5. The zero-order valence-electron chi connectivity index (χ0n) is 11.7. The van der Waals surface area contributed by atoms with Crippen LogP contribution < -0.4 is 4.74 Å². The zero-order valence-corrected chi connectivity index (χ0v) is 12.5. The highest BCUT2D eigenvalue weighted by molar-refractivity contribution is 7.86. The van der Waals surface area contributed by atoms with Gasteiger partial charge in [-0.1, -0.05) is 12.1 Å². The van der Waals surface area contributed by atoms with E-state index in [0.717, 1.165) is 12.8 Å². The molecule has 0 saturated carbocycles. The van der Waals surface area contributed by atoms with Crippen LogP contribution in [0.3, 0.4) is 0 Å². The molecule has 0 unspecified atom stereocenters. The molecule has 0 amide bonds. The fourth-order valence-corrected chi connectivity index (χ4v) is 3.70. The van der Waals surface area contributed by atoms with E-state index in [0.29, 0.717) is 18.7 Å². The fourth-order valence-electron chi connectivity index (χ4n) is 2.27. The maximum absolute atomic E-state index is 12.3. The first kappa shape index (κ1) is 16.1. The molecule has 0 N–H and O–H groups in total. The Balaban J connectivity index is 2.06. The van der Waals surface area contributed by atoms with E-state index in [1.54, 1.807) is 12.1 Å². The van der Waals surface area contributed by atoms with Gasteiger partial charge in [-0.3, -0.25) is 0 Å². The molecular formula is C13H18F2N2O3S. The molecule has 21 heavy (non-hydrogen) atoms. The topological polar surface area (TPSA) is 49.9 Å². The highest BCUT2D eigenvalue weighted by Gasteiger charge is 2.29. The number of ether oxygens (including phenoxy) is 1. The molecule has 1 fully saturated rings. The molecule has 1 aromatic carbocycles. The van der Waals surface area contributed by atoms with Gasteiger partial charge in [0.25, 0.3) is 10.2 Å². The summed E-state index contributed by atoms with van der Waals surface area (Å²) in [6, 6.07) is 6.06. The van der Waals surface area contributed by atoms with E-state index in [1.165, 1.54) is 27.8 Å². The smallest absolute Gasteiger partial charge is 0.387 e. The monoisotopic (exact) mass is 320 g/mol. The molecule has 118 valence electrons. The van der Waals surface area contributed by atoms with E-state index >= 15 is 0 Å². The molecule has 1 aliphatic rings. The van der Waals surface area contributed by atoms with Gasteiger partial charge in [0.2, 0.25) is 0 Å². The molecule has 0 aliphatic carbocycles. The summed E-state index contributed by atoms with van der Waals surface area (Å²) in [6.07, 6.45) is 1.73. The predicted molar refractivity (Wildman–Crippen MR) is 74.3 cm³/mol. The second-order valence-corrected chi connectivity index (χ2v) is 6.93. The van der Waals surface area contributed by atoms with Crippen LogP contribution in [0.2, 0.25) is 0 Å². The highest BCUT2D eigenvalue weighted by Crippen LogP contribution is 2.20. The summed E-state index contributed by atoms with van der Waals surface area (Å²) in [5, 5.41) is 0. The molecule has 0 atom stereocenters. The van der Waals surface area contributed by atoms with Gasteiger partial charge in [-0.15, -0.1) is 0 Å². The number of hydrogen-bond donors (Lipinski definition) is 0. The third-order valence-corrected chi connectivity index (χ3v) is 5.25. The summed E-state index contributed by atoms with van der Waals surface area (Å²) in [7, 11) is -2.01. The Hall–Kier alpha value is -1.25. The van der Waals surface area contributed by atoms with Crippen molar-refractivity contribution in [1.29, 1.82) is 0 Å². The van der Waals surface area contributed by atoms with Crippen molar-refractivity contribution in [2.24, 2.45) is 0 Å². The second kappa shape index (κ2) is 6.67. The summed E-state index contributed by atoms with van der Waals surface area (Å²) in [5.41, 5.74) is 0.596. The van der Waals surface area contributed by atoms with Crippen LogP contribution in [-0.2, 0) is 16.8 Å². The van der Waals surface area contributed by atoms with Crippen LogP contribution in [0.1, 0.15) is 18.4 Å². The highest BCUT2D eigenvalue weighted by atomic mass is 32.2. The normalized spacial score (nSPS) is 16.8. The third-order valence-electron chi connectivity index (χ3n) is 3.31. The molecule has 1 aromatic rings. The Morgan fingerprint density at radius 3 is 2.62 bits per heavy atom. The number of halogens is 2. The predicted octanol–water partition coefficient (Wildman–Crippen LogP) is 2.06. The molecule has 1 heterocycles. The molecule has 0 spiro atoms. The molecule has 5 nitrogen and oxygen atoms in total. The van der Waals surface area contributed by atoms with Gasteiger partial charge in [0.1, 0.15) is 5.75 Å². The average Bonchev–Trinajstić information content (AvgIpc) is 2.92. The van der Waals surface area contributed by atoms with Crippen molar-refractivity contribution in [3.63, 3.8) is 0 Å². The molecule has 0 bridgehead atoms. The summed E-state index contributed by atoms with van der Waals surface area (Å²) in [5.74, 6) is 0.0227. The summed E-state index contributed by atoms with van der Waals surface area (Å²) >= 11 is 0. The molecule has 8 heteroatoms. The Kier molecular flexibility index (Phi) is 5.13. The molecule has 1 aliphatic heterocycles. The van der Waals surface area contributed by atoms with E-state index in [1.807, 2.05) is 0 Å². The van der Waals surface area contributed by atoms with Crippen LogP contribution in [0.25, 0.3) is 0 Å². The van der Waals surface area contributed by atoms with E-state index in [2.05, 4.69) is 4.74 Å². The number of rotatable bonds is 6. The first-order valence-corrected chi connectivity index (χ1v) is 8.04. The summed E-state index contributed by atoms with van der Waals surface area (Å²) < 4.78 is 55.9. The van der Waals surface area contributed by atoms with Crippen molar-refractivity contribution in [2.45, 2.75) is 26.0 Å². The standard InChI is InChI=1S/C13H18F2N2O3S/c1-16(21(18,19)17-7-2-3-8-17)10-11-5-4-6-12(9-11)20-13(14)15/h4-6,9,13H,2-3,7-8,10H2,1H3. The molecule has 0 radical (unpaired) electrons. The Labute approximate surface area is 123 Å². The van der Waals surface area contributed by atoms with E-state index in [4.69, 9.17) is 0 Å². The maximum atomic E-state index is 12.3. The van der Waals surface area contributed by atoms with Crippen molar-refractivity contribution in [3.8, 4) is 5.75 Å². The maximum Gasteiger partial charge on any atom is 0.387 e. The van der Waals surface area contributed by atoms with Crippen LogP contribution in [0, 0.1) is 0 Å². The minimum absolute atomic E-state index is 0.0227. The van der Waals surface area contributed by atoms with Crippen LogP contribution in [0.15, 0.2) is 24.3 Å². The van der Waals surface area contributed by atoms with E-state index in [-0.39, 0.29) is 12.3 Å². The average molecular weight is 320 g/mol. The SMILES string of the molecule is CN(Cc1cccc(OC(F)F)c1)S(=O)(=O)N1CCCC1. The number of nitrogens with zero attached hydrogens (tertiary/aromatic N) is 2. The van der Waals surface area contributed by atoms with Gasteiger partial charge >= 0.3 is 6.61 Å². The van der Waals surface area contributed by atoms with Gasteiger partial charge in [-0.2, -0.15) is 25.8 Å². The number of alkyl halides is 2. The van der Waals surface area contributed by atoms with Crippen molar-refractivity contribution in [2.75, 3.05) is 20.1 Å². The van der Waals surface area contributed by atoms with Crippen molar-refractivity contribution < 1.29 is 21.9 Å². The molecule has 0 aromatic heterocycles. The summed E-state index contributed by atoms with van der Waals surface area (Å²) in [4.78, 5) is 0. The first-order valence-electron chi connectivity index (χ1n) is 6.65. The molecular weight excluding hydrogens is 302 g/mol. The van der Waals surface area contributed by atoms with E-state index < -0.39 is 16.8 Å². The minimum Gasteiger partial charge on any atom is -0.435 e. The lowest BCUT2D eigenvalue weighted by Gasteiger charge is -2.23. The van der Waals surface area contributed by atoms with Crippen molar-refractivity contribution in [3.05, 3.63) is 29.8 Å². The molecule has 2 rings (SSSR count). The van der Waals surface area contributed by atoms with Gasteiger partial charge in [0.15, 0.2) is 0 Å². The fraction of sp³-hybridized carbons (Fsp3) is 0.538. The van der Waals surface area contributed by atoms with Crippen LogP contribution in [-0.4, -0.2) is 43.8 Å². The number of hydrogen-bond acceptors (Lipinski definition) is 3. The Morgan fingerprint density at radius 1 is 1.33 bits per heavy atom. The largest absolute Gasteiger partial charge is 0.435 e. The summed E-state index contributed by atoms with van der Waals surface area (Å²) in [6.45, 7) is -1.73. The Bertz CT molecular complexity index is 575. The third kappa shape index (κ3) is 4.12. The van der Waals surface area contributed by atoms with Gasteiger partial charge in [0.05, 0.1) is 0 Å². The van der Waals surface area contributed by atoms with Crippen LogP contribution >= 0.6 is 0 Å². The number of benzene rings is 1. The van der Waals surface area contributed by atoms with Crippen LogP contribution in [0.5, 0.6) is 5.75 Å². The quantitative estimate of drug-likeness (QED) is 0.806. The van der Waals surface area contributed by atoms with Gasteiger partial charge < -0.3 is 4.74 Å². The van der Waals surface area contributed by atoms with Crippen molar-refractivity contribution >= 4 is 10.2 Å². The van der Waals surface area contributed by atoms with Gasteiger partial charge in [-0.05, 0) is 30.5 Å².